The molecule has 0 aliphatic rings. The molecule has 0 aliphatic heterocycles. The van der Waals surface area contributed by atoms with Gasteiger partial charge in [0.25, 0.3) is 0 Å². The summed E-state index contributed by atoms with van der Waals surface area (Å²) in [6.07, 6.45) is 0. The second kappa shape index (κ2) is 11.2. The average Bonchev–Trinajstić information content (AvgIpc) is 3.87. The highest BCUT2D eigenvalue weighted by Gasteiger charge is 2.18. The number of nitrogens with zero attached hydrogens (tertiary/aromatic N) is 4. The molecule has 0 aliphatic carbocycles. The van der Waals surface area contributed by atoms with Gasteiger partial charge in [-0.2, -0.15) is 0 Å². The van der Waals surface area contributed by atoms with Crippen molar-refractivity contribution in [1.82, 2.24) is 19.5 Å². The average molecular weight is 687 g/mol. The number of rotatable bonds is 4. The summed E-state index contributed by atoms with van der Waals surface area (Å²) in [5.74, 6) is 1.98. The summed E-state index contributed by atoms with van der Waals surface area (Å²) >= 11 is 3.60. The van der Waals surface area contributed by atoms with E-state index in [0.29, 0.717) is 17.5 Å². The van der Waals surface area contributed by atoms with E-state index < -0.39 is 0 Å². The molecule has 0 amide bonds. The molecule has 11 aromatic rings. The SMILES string of the molecule is c1cc(-c2nc(-c3ccc4c(c3)sc3ccccc34)nc(-c3cccc4c3sc3ccccc34)n2)cc(-n2c3ccccc3c3ccccc32)c1. The fraction of sp³-hybridized carbons (Fsp3) is 0. The minimum Gasteiger partial charge on any atom is -0.309 e. The van der Waals surface area contributed by atoms with Gasteiger partial charge >= 0.3 is 0 Å². The molecule has 4 heterocycles. The minimum atomic E-state index is 0.646. The van der Waals surface area contributed by atoms with E-state index in [-0.39, 0.29) is 0 Å². The number of thiophene rings is 2. The lowest BCUT2D eigenvalue weighted by Gasteiger charge is -2.12. The lowest BCUT2D eigenvalue weighted by molar-refractivity contribution is 1.07. The normalized spacial score (nSPS) is 11.9. The Morgan fingerprint density at radius 3 is 1.67 bits per heavy atom. The van der Waals surface area contributed by atoms with Gasteiger partial charge in [-0.15, -0.1) is 22.7 Å². The Balaban J connectivity index is 1.14. The van der Waals surface area contributed by atoms with Crippen molar-refractivity contribution in [3.8, 4) is 39.9 Å². The molecule has 4 aromatic heterocycles. The molecule has 0 atom stereocenters. The first-order valence-corrected chi connectivity index (χ1v) is 18.6. The zero-order valence-electron chi connectivity index (χ0n) is 27.1. The molecule has 238 valence electrons. The maximum Gasteiger partial charge on any atom is 0.165 e. The standard InChI is InChI=1S/C45H26N4S2/c1-5-19-37-30(13-1)31-14-2-6-20-38(31)49(37)29-12-9-11-27(25-29)43-46-44(28-23-24-34-32-15-3-7-21-39(32)50-41(34)26-28)48-45(47-43)36-18-10-17-35-33-16-4-8-22-40(33)51-42(35)36/h1-26H. The van der Waals surface area contributed by atoms with Crippen LogP contribution in [0.4, 0.5) is 0 Å². The Morgan fingerprint density at radius 1 is 0.373 bits per heavy atom. The first kappa shape index (κ1) is 28.6. The Morgan fingerprint density at radius 2 is 0.922 bits per heavy atom. The van der Waals surface area contributed by atoms with Gasteiger partial charge in [0.1, 0.15) is 0 Å². The third kappa shape index (κ3) is 4.47. The molecule has 0 radical (unpaired) electrons. The van der Waals surface area contributed by atoms with E-state index >= 15 is 0 Å². The molecule has 4 nitrogen and oxygen atoms in total. The van der Waals surface area contributed by atoms with Gasteiger partial charge in [0.05, 0.1) is 11.0 Å². The summed E-state index contributed by atoms with van der Waals surface area (Å²) in [4.78, 5) is 15.7. The van der Waals surface area contributed by atoms with Crippen molar-refractivity contribution < 1.29 is 0 Å². The van der Waals surface area contributed by atoms with Gasteiger partial charge < -0.3 is 4.57 Å². The molecule has 11 rings (SSSR count). The highest BCUT2D eigenvalue weighted by atomic mass is 32.1. The second-order valence-corrected chi connectivity index (χ2v) is 15.0. The number of hydrogen-bond donors (Lipinski definition) is 0. The number of para-hydroxylation sites is 2. The van der Waals surface area contributed by atoms with Gasteiger partial charge in [0.2, 0.25) is 0 Å². The van der Waals surface area contributed by atoms with Crippen LogP contribution in [0.2, 0.25) is 0 Å². The van der Waals surface area contributed by atoms with Gasteiger partial charge in [0, 0.05) is 73.5 Å². The first-order chi connectivity index (χ1) is 25.3. The van der Waals surface area contributed by atoms with Crippen molar-refractivity contribution >= 4 is 84.8 Å². The van der Waals surface area contributed by atoms with Crippen LogP contribution in [-0.2, 0) is 0 Å². The van der Waals surface area contributed by atoms with E-state index in [1.807, 2.05) is 0 Å². The van der Waals surface area contributed by atoms with E-state index in [0.717, 1.165) is 22.4 Å². The van der Waals surface area contributed by atoms with Crippen molar-refractivity contribution in [2.45, 2.75) is 0 Å². The minimum absolute atomic E-state index is 0.646. The van der Waals surface area contributed by atoms with Crippen LogP contribution < -0.4 is 0 Å². The van der Waals surface area contributed by atoms with Crippen LogP contribution in [0.25, 0.3) is 102 Å². The van der Waals surface area contributed by atoms with Crippen LogP contribution in [0.1, 0.15) is 0 Å². The van der Waals surface area contributed by atoms with Crippen molar-refractivity contribution in [3.63, 3.8) is 0 Å². The first-order valence-electron chi connectivity index (χ1n) is 16.9. The summed E-state index contributed by atoms with van der Waals surface area (Å²) in [6, 6.07) is 56.0. The summed E-state index contributed by atoms with van der Waals surface area (Å²) in [5, 5.41) is 7.47. The molecular weight excluding hydrogens is 661 g/mol. The monoisotopic (exact) mass is 686 g/mol. The number of hydrogen-bond acceptors (Lipinski definition) is 5. The molecular formula is C45H26N4S2. The Hall–Kier alpha value is -6.21. The number of benzene rings is 7. The molecule has 0 fully saturated rings. The zero-order chi connectivity index (χ0) is 33.5. The number of fused-ring (bicyclic) bond motifs is 9. The van der Waals surface area contributed by atoms with E-state index in [1.54, 1.807) is 22.7 Å². The van der Waals surface area contributed by atoms with Crippen molar-refractivity contribution in [1.29, 1.82) is 0 Å². The fourth-order valence-electron chi connectivity index (χ4n) is 7.53. The van der Waals surface area contributed by atoms with Gasteiger partial charge in [-0.1, -0.05) is 109 Å². The van der Waals surface area contributed by atoms with Crippen LogP contribution in [0.5, 0.6) is 0 Å². The van der Waals surface area contributed by atoms with Crippen molar-refractivity contribution in [2.75, 3.05) is 0 Å². The maximum atomic E-state index is 5.24. The molecule has 51 heavy (non-hydrogen) atoms. The van der Waals surface area contributed by atoms with Crippen molar-refractivity contribution in [3.05, 3.63) is 158 Å². The maximum absolute atomic E-state index is 5.24. The highest BCUT2D eigenvalue weighted by Crippen LogP contribution is 2.41. The molecule has 0 bridgehead atoms. The van der Waals surface area contributed by atoms with E-state index in [1.165, 1.54) is 62.2 Å². The lowest BCUT2D eigenvalue weighted by Crippen LogP contribution is -2.01. The van der Waals surface area contributed by atoms with Crippen molar-refractivity contribution in [2.24, 2.45) is 0 Å². The van der Waals surface area contributed by atoms with E-state index in [4.69, 9.17) is 15.0 Å². The van der Waals surface area contributed by atoms with E-state index in [2.05, 4.69) is 162 Å². The topological polar surface area (TPSA) is 43.6 Å². The second-order valence-electron chi connectivity index (χ2n) is 12.8. The summed E-state index contributed by atoms with van der Waals surface area (Å²) in [5.41, 5.74) is 6.32. The quantitative estimate of drug-likeness (QED) is 0.185. The van der Waals surface area contributed by atoms with Gasteiger partial charge in [-0.25, -0.2) is 15.0 Å². The smallest absolute Gasteiger partial charge is 0.165 e. The Bertz CT molecular complexity index is 3110. The molecule has 7 aromatic carbocycles. The highest BCUT2D eigenvalue weighted by molar-refractivity contribution is 7.26. The van der Waals surface area contributed by atoms with Crippen LogP contribution >= 0.6 is 22.7 Å². The molecule has 6 heteroatoms. The summed E-state index contributed by atoms with van der Waals surface area (Å²) < 4.78 is 7.27. The van der Waals surface area contributed by atoms with Crippen LogP contribution in [0.15, 0.2) is 158 Å². The van der Waals surface area contributed by atoms with E-state index in [9.17, 15) is 0 Å². The summed E-state index contributed by atoms with van der Waals surface area (Å²) in [6.45, 7) is 0. The molecule has 0 unspecified atom stereocenters. The van der Waals surface area contributed by atoms with Crippen LogP contribution in [0, 0.1) is 0 Å². The van der Waals surface area contributed by atoms with Crippen LogP contribution in [-0.4, -0.2) is 19.5 Å². The predicted octanol–water partition coefficient (Wildman–Crippen LogP) is 12.7. The number of aromatic nitrogens is 4. The largest absolute Gasteiger partial charge is 0.309 e. The fourth-order valence-corrected chi connectivity index (χ4v) is 9.88. The molecule has 0 N–H and O–H groups in total. The Labute approximate surface area is 300 Å². The van der Waals surface area contributed by atoms with Gasteiger partial charge in [-0.05, 0) is 48.5 Å². The molecule has 0 saturated carbocycles. The Kier molecular flexibility index (Phi) is 6.26. The third-order valence-corrected chi connectivity index (χ3v) is 12.2. The molecule has 0 saturated heterocycles. The predicted molar refractivity (Wildman–Crippen MR) is 216 cm³/mol. The van der Waals surface area contributed by atoms with Gasteiger partial charge in [0.15, 0.2) is 17.5 Å². The third-order valence-electron chi connectivity index (χ3n) is 9.86. The van der Waals surface area contributed by atoms with Gasteiger partial charge in [-0.3, -0.25) is 0 Å². The summed E-state index contributed by atoms with van der Waals surface area (Å²) in [7, 11) is 0. The zero-order valence-corrected chi connectivity index (χ0v) is 28.7. The van der Waals surface area contributed by atoms with Crippen LogP contribution in [0.3, 0.4) is 0 Å². The molecule has 0 spiro atoms. The lowest BCUT2D eigenvalue weighted by atomic mass is 10.1.